The molecule has 0 amide bonds. The third-order valence-electron chi connectivity index (χ3n) is 5.68. The van der Waals surface area contributed by atoms with Crippen molar-refractivity contribution in [3.63, 3.8) is 0 Å². The Morgan fingerprint density at radius 1 is 0.703 bits per heavy atom. The van der Waals surface area contributed by atoms with Gasteiger partial charge in [0.05, 0.1) is 10.6 Å². The average Bonchev–Trinajstić information content (AvgIpc) is 2.84. The van der Waals surface area contributed by atoms with Crippen molar-refractivity contribution < 1.29 is 35.5 Å². The van der Waals surface area contributed by atoms with Crippen LogP contribution in [-0.2, 0) is 12.5 Å². The summed E-state index contributed by atoms with van der Waals surface area (Å²) in [7, 11) is 0. The van der Waals surface area contributed by atoms with E-state index in [-0.39, 0.29) is 16.7 Å². The third kappa shape index (κ3) is 5.44. The Kier molecular flexibility index (Phi) is 7.50. The van der Waals surface area contributed by atoms with E-state index in [0.29, 0.717) is 23.8 Å². The molecule has 0 spiro atoms. The first-order chi connectivity index (χ1) is 17.5. The number of hydrogen-bond donors (Lipinski definition) is 0. The molecule has 0 aliphatic carbocycles. The molecule has 9 heteroatoms. The van der Waals surface area contributed by atoms with Gasteiger partial charge in [-0.05, 0) is 53.4 Å². The van der Waals surface area contributed by atoms with Crippen molar-refractivity contribution in [1.82, 2.24) is 0 Å². The smallest absolute Gasteiger partial charge is 0.428 e. The molecule has 0 N–H and O–H groups in total. The van der Waals surface area contributed by atoms with Crippen LogP contribution in [-0.4, -0.2) is 0 Å². The van der Waals surface area contributed by atoms with Gasteiger partial charge in [0.25, 0.3) is 0 Å². The van der Waals surface area contributed by atoms with Crippen LogP contribution in [0, 0.1) is 29.1 Å². The topological polar surface area (TPSA) is 9.23 Å². The second-order valence-electron chi connectivity index (χ2n) is 8.25. The zero-order valence-electron chi connectivity index (χ0n) is 19.2. The third-order valence-corrected chi connectivity index (χ3v) is 6.05. The maximum atomic E-state index is 15.0. The van der Waals surface area contributed by atoms with Crippen molar-refractivity contribution in [3.8, 4) is 28.0 Å². The molecule has 0 heterocycles. The van der Waals surface area contributed by atoms with Crippen molar-refractivity contribution in [3.05, 3.63) is 112 Å². The lowest BCUT2D eigenvalue weighted by Gasteiger charge is -2.21. The summed E-state index contributed by atoms with van der Waals surface area (Å²) in [5.41, 5.74) is -0.210. The van der Waals surface area contributed by atoms with Gasteiger partial charge in [0.1, 0.15) is 17.4 Å². The minimum absolute atomic E-state index is 0.0155. The van der Waals surface area contributed by atoms with Crippen LogP contribution in [0.25, 0.3) is 22.3 Å². The minimum atomic E-state index is -4.16. The van der Waals surface area contributed by atoms with Gasteiger partial charge in [0.15, 0.2) is 17.5 Å². The van der Waals surface area contributed by atoms with E-state index in [2.05, 4.69) is 4.74 Å². The molecular weight excluding hydrogens is 521 g/mol. The summed E-state index contributed by atoms with van der Waals surface area (Å²) >= 11 is 5.95. The molecule has 0 atom stereocenters. The van der Waals surface area contributed by atoms with E-state index in [1.54, 1.807) is 12.1 Å². The molecule has 0 fully saturated rings. The average molecular weight is 539 g/mol. The quantitative estimate of drug-likeness (QED) is 0.168. The molecule has 0 aromatic heterocycles. The Morgan fingerprint density at radius 3 is 1.92 bits per heavy atom. The summed E-state index contributed by atoms with van der Waals surface area (Å²) in [5, 5.41) is -0.866. The molecule has 4 aromatic rings. The van der Waals surface area contributed by atoms with E-state index in [0.717, 1.165) is 42.7 Å². The van der Waals surface area contributed by atoms with Crippen LogP contribution in [0.5, 0.6) is 5.75 Å². The highest BCUT2D eigenvalue weighted by Crippen LogP contribution is 2.40. The second-order valence-corrected chi connectivity index (χ2v) is 8.63. The van der Waals surface area contributed by atoms with Crippen LogP contribution in [0.4, 0.5) is 30.7 Å². The van der Waals surface area contributed by atoms with Crippen molar-refractivity contribution in [1.29, 1.82) is 0 Å². The van der Waals surface area contributed by atoms with Gasteiger partial charge < -0.3 is 4.74 Å². The lowest BCUT2D eigenvalue weighted by Crippen LogP contribution is -2.23. The van der Waals surface area contributed by atoms with Crippen molar-refractivity contribution in [2.75, 3.05) is 0 Å². The number of benzene rings is 4. The van der Waals surface area contributed by atoms with Gasteiger partial charge >= 0.3 is 6.11 Å². The molecule has 4 aromatic carbocycles. The highest BCUT2D eigenvalue weighted by molar-refractivity contribution is 6.32. The lowest BCUT2D eigenvalue weighted by atomic mass is 10.00. The molecule has 0 saturated carbocycles. The molecule has 1 nitrogen and oxygen atoms in total. The minimum Gasteiger partial charge on any atom is -0.429 e. The maximum absolute atomic E-state index is 15.0. The summed E-state index contributed by atoms with van der Waals surface area (Å²) in [6.07, 6.45) is -2.39. The first-order valence-electron chi connectivity index (χ1n) is 11.1. The molecule has 0 saturated heterocycles. The van der Waals surface area contributed by atoms with Crippen LogP contribution in [0.3, 0.4) is 0 Å². The van der Waals surface area contributed by atoms with E-state index in [9.17, 15) is 30.7 Å². The molecule has 4 rings (SSSR count). The first kappa shape index (κ1) is 26.5. The van der Waals surface area contributed by atoms with Gasteiger partial charge in [-0.15, -0.1) is 0 Å². The summed E-state index contributed by atoms with van der Waals surface area (Å²) in [6, 6.07) is 12.5. The summed E-state index contributed by atoms with van der Waals surface area (Å²) in [6.45, 7) is 2.02. The SMILES string of the molecule is CCCc1ccc(-c2ccc(C(F)(F)Oc3ccc(-c4cc(F)c(F)c(F)c4)c(F)c3)c(Cl)c2F)cc1. The van der Waals surface area contributed by atoms with Crippen molar-refractivity contribution in [2.45, 2.75) is 25.9 Å². The van der Waals surface area contributed by atoms with E-state index in [4.69, 9.17) is 11.6 Å². The Morgan fingerprint density at radius 2 is 1.32 bits per heavy atom. The van der Waals surface area contributed by atoms with Crippen LogP contribution in [0.1, 0.15) is 24.5 Å². The number of halogens is 8. The van der Waals surface area contributed by atoms with Gasteiger partial charge in [-0.25, -0.2) is 22.0 Å². The van der Waals surface area contributed by atoms with Crippen LogP contribution >= 0.6 is 11.6 Å². The Bertz CT molecular complexity index is 1430. The van der Waals surface area contributed by atoms with E-state index < -0.39 is 51.5 Å². The van der Waals surface area contributed by atoms with Gasteiger partial charge in [-0.1, -0.05) is 55.3 Å². The van der Waals surface area contributed by atoms with Crippen LogP contribution in [0.2, 0.25) is 5.02 Å². The molecule has 0 unspecified atom stereocenters. The lowest BCUT2D eigenvalue weighted by molar-refractivity contribution is -0.185. The standard InChI is InChI=1S/C28H18ClF7O/c1-2-3-15-4-6-16(7-5-15)20-10-11-21(25(29)26(20)33)28(35,36)37-18-8-9-19(22(30)14-18)17-12-23(31)27(34)24(32)13-17/h4-14H,2-3H2,1H3. The summed E-state index contributed by atoms with van der Waals surface area (Å²) in [5.74, 6) is -7.73. The molecule has 0 aliphatic heterocycles. The fourth-order valence-electron chi connectivity index (χ4n) is 3.84. The number of alkyl halides is 2. The Balaban J connectivity index is 1.60. The Labute approximate surface area is 213 Å². The maximum Gasteiger partial charge on any atom is 0.428 e. The summed E-state index contributed by atoms with van der Waals surface area (Å²) < 4.78 is 104. The molecule has 37 heavy (non-hydrogen) atoms. The summed E-state index contributed by atoms with van der Waals surface area (Å²) in [4.78, 5) is 0. The molecule has 192 valence electrons. The molecule has 0 aliphatic rings. The first-order valence-corrected chi connectivity index (χ1v) is 11.5. The van der Waals surface area contributed by atoms with Crippen molar-refractivity contribution in [2.24, 2.45) is 0 Å². The van der Waals surface area contributed by atoms with Crippen LogP contribution < -0.4 is 4.74 Å². The Hall–Kier alpha value is -3.52. The molecule has 0 radical (unpaired) electrons. The van der Waals surface area contributed by atoms with Gasteiger partial charge in [0.2, 0.25) is 0 Å². The number of hydrogen-bond acceptors (Lipinski definition) is 1. The highest BCUT2D eigenvalue weighted by Gasteiger charge is 2.38. The normalized spacial score (nSPS) is 11.6. The highest BCUT2D eigenvalue weighted by atomic mass is 35.5. The predicted octanol–water partition coefficient (Wildman–Crippen LogP) is 9.45. The fraction of sp³-hybridized carbons (Fsp3) is 0.143. The number of rotatable bonds is 7. The zero-order chi connectivity index (χ0) is 26.9. The van der Waals surface area contributed by atoms with E-state index in [1.807, 2.05) is 19.1 Å². The number of aryl methyl sites for hydroxylation is 1. The monoisotopic (exact) mass is 538 g/mol. The largest absolute Gasteiger partial charge is 0.429 e. The van der Waals surface area contributed by atoms with Gasteiger partial charge in [-0.2, -0.15) is 8.78 Å². The zero-order valence-corrected chi connectivity index (χ0v) is 20.0. The van der Waals surface area contributed by atoms with E-state index in [1.165, 1.54) is 0 Å². The van der Waals surface area contributed by atoms with Crippen molar-refractivity contribution >= 4 is 11.6 Å². The number of ether oxygens (including phenoxy) is 1. The molecule has 0 bridgehead atoms. The fourth-order valence-corrected chi connectivity index (χ4v) is 4.12. The molecular formula is C28H18ClF7O. The van der Waals surface area contributed by atoms with Gasteiger partial charge in [-0.3, -0.25) is 0 Å². The van der Waals surface area contributed by atoms with Gasteiger partial charge in [0, 0.05) is 17.2 Å². The predicted molar refractivity (Wildman–Crippen MR) is 127 cm³/mol. The van der Waals surface area contributed by atoms with Crippen LogP contribution in [0.15, 0.2) is 66.7 Å². The van der Waals surface area contributed by atoms with E-state index >= 15 is 0 Å². The second kappa shape index (κ2) is 10.5.